The summed E-state index contributed by atoms with van der Waals surface area (Å²) < 4.78 is 0. The highest BCUT2D eigenvalue weighted by atomic mass is 16.3. The quantitative estimate of drug-likeness (QED) is 0.746. The summed E-state index contributed by atoms with van der Waals surface area (Å²) in [4.78, 5) is 0. The average molecular weight is 206 g/mol. The highest BCUT2D eigenvalue weighted by Gasteiger charge is 2.29. The smallest absolute Gasteiger partial charge is 0.0867 e. The maximum Gasteiger partial charge on any atom is 0.0867 e. The molecular weight excluding hydrogens is 184 g/mol. The summed E-state index contributed by atoms with van der Waals surface area (Å²) in [6, 6.07) is 0. The molecule has 0 fully saturated rings. The lowest BCUT2D eigenvalue weighted by Crippen LogP contribution is -2.29. The molecule has 15 heavy (non-hydrogen) atoms. The van der Waals surface area contributed by atoms with Crippen molar-refractivity contribution in [2.45, 2.75) is 63.9 Å². The van der Waals surface area contributed by atoms with Crippen molar-refractivity contribution in [1.82, 2.24) is 0 Å². The summed E-state index contributed by atoms with van der Waals surface area (Å²) >= 11 is 0. The number of hydrogen-bond donors (Lipinski definition) is 1. The van der Waals surface area contributed by atoms with E-state index in [4.69, 9.17) is 0 Å². The van der Waals surface area contributed by atoms with Crippen molar-refractivity contribution in [3.05, 3.63) is 23.3 Å². The first-order valence-electron chi connectivity index (χ1n) is 6.36. The molecular formula is C14H22O. The van der Waals surface area contributed by atoms with Crippen molar-refractivity contribution in [1.29, 1.82) is 0 Å². The molecule has 0 radical (unpaired) electrons. The van der Waals surface area contributed by atoms with Gasteiger partial charge in [0.15, 0.2) is 0 Å². The summed E-state index contributed by atoms with van der Waals surface area (Å²) in [5.41, 5.74) is 2.52. The summed E-state index contributed by atoms with van der Waals surface area (Å²) in [6.45, 7) is 2.18. The third-order valence-corrected chi connectivity index (χ3v) is 3.71. The molecule has 1 unspecified atom stereocenters. The zero-order chi connectivity index (χ0) is 10.7. The Bertz CT molecular complexity index is 288. The molecule has 1 N–H and O–H groups in total. The third-order valence-electron chi connectivity index (χ3n) is 3.71. The van der Waals surface area contributed by atoms with Gasteiger partial charge in [-0.15, -0.1) is 0 Å². The maximum absolute atomic E-state index is 10.4. The molecule has 2 aliphatic rings. The Labute approximate surface area is 92.9 Å². The minimum atomic E-state index is -0.522. The van der Waals surface area contributed by atoms with E-state index in [2.05, 4.69) is 13.0 Å². The minimum Gasteiger partial charge on any atom is -0.385 e. The fourth-order valence-corrected chi connectivity index (χ4v) is 2.73. The first kappa shape index (κ1) is 10.9. The van der Waals surface area contributed by atoms with Crippen LogP contribution in [0.4, 0.5) is 0 Å². The Morgan fingerprint density at radius 3 is 2.93 bits per heavy atom. The predicted octanol–water partition coefficient (Wildman–Crippen LogP) is 3.74. The summed E-state index contributed by atoms with van der Waals surface area (Å²) in [5, 5.41) is 10.4. The lowest BCUT2D eigenvalue weighted by Gasteiger charge is -2.32. The van der Waals surface area contributed by atoms with Gasteiger partial charge in [0.2, 0.25) is 0 Å². The van der Waals surface area contributed by atoms with Crippen LogP contribution in [0.1, 0.15) is 58.3 Å². The zero-order valence-corrected chi connectivity index (χ0v) is 9.76. The van der Waals surface area contributed by atoms with Gasteiger partial charge in [-0.2, -0.15) is 0 Å². The van der Waals surface area contributed by atoms with Crippen LogP contribution in [0, 0.1) is 0 Å². The van der Waals surface area contributed by atoms with Crippen molar-refractivity contribution in [3.63, 3.8) is 0 Å². The van der Waals surface area contributed by atoms with Gasteiger partial charge in [0.05, 0.1) is 5.60 Å². The average Bonchev–Trinajstić information content (AvgIpc) is 2.26. The van der Waals surface area contributed by atoms with Gasteiger partial charge in [-0.1, -0.05) is 37.5 Å². The number of allylic oxidation sites excluding steroid dienone is 2. The zero-order valence-electron chi connectivity index (χ0n) is 9.76. The van der Waals surface area contributed by atoms with E-state index in [-0.39, 0.29) is 0 Å². The van der Waals surface area contributed by atoms with Crippen LogP contribution in [-0.4, -0.2) is 10.7 Å². The highest BCUT2D eigenvalue weighted by Crippen LogP contribution is 2.37. The first-order valence-corrected chi connectivity index (χ1v) is 6.36. The standard InChI is InChI=1S/C14H22O/c1-2-3-9-14(15)10-8-12-6-4-5-7-13(12)11-14/h8,10,15H,2-7,9,11H2,1H3. The van der Waals surface area contributed by atoms with Crippen LogP contribution in [0.2, 0.25) is 0 Å². The van der Waals surface area contributed by atoms with E-state index in [9.17, 15) is 5.11 Å². The van der Waals surface area contributed by atoms with E-state index >= 15 is 0 Å². The van der Waals surface area contributed by atoms with Gasteiger partial charge < -0.3 is 5.11 Å². The van der Waals surface area contributed by atoms with Crippen molar-refractivity contribution in [2.24, 2.45) is 0 Å². The van der Waals surface area contributed by atoms with Crippen molar-refractivity contribution >= 4 is 0 Å². The number of aliphatic hydroxyl groups is 1. The van der Waals surface area contributed by atoms with Crippen LogP contribution in [0.25, 0.3) is 0 Å². The van der Waals surface area contributed by atoms with Crippen LogP contribution in [-0.2, 0) is 0 Å². The number of hydrogen-bond acceptors (Lipinski definition) is 1. The molecule has 0 spiro atoms. The lowest BCUT2D eigenvalue weighted by atomic mass is 9.78. The maximum atomic E-state index is 10.4. The Morgan fingerprint density at radius 2 is 2.13 bits per heavy atom. The SMILES string of the molecule is CCCCC1(O)C=CC2=C(CCCC2)C1. The van der Waals surface area contributed by atoms with Crippen LogP contribution < -0.4 is 0 Å². The normalized spacial score (nSPS) is 30.5. The predicted molar refractivity (Wildman–Crippen MR) is 63.7 cm³/mol. The molecule has 0 aromatic heterocycles. The molecule has 0 saturated heterocycles. The second-order valence-corrected chi connectivity index (χ2v) is 5.05. The van der Waals surface area contributed by atoms with Crippen molar-refractivity contribution < 1.29 is 5.11 Å². The van der Waals surface area contributed by atoms with Gasteiger partial charge in [-0.05, 0) is 37.7 Å². The van der Waals surface area contributed by atoms with Gasteiger partial charge in [-0.25, -0.2) is 0 Å². The van der Waals surface area contributed by atoms with Crippen LogP contribution in [0.5, 0.6) is 0 Å². The Morgan fingerprint density at radius 1 is 1.33 bits per heavy atom. The fourth-order valence-electron chi connectivity index (χ4n) is 2.73. The molecule has 84 valence electrons. The van der Waals surface area contributed by atoms with E-state index in [0.29, 0.717) is 0 Å². The molecule has 0 amide bonds. The third kappa shape index (κ3) is 2.52. The molecule has 0 aromatic rings. The molecule has 0 aromatic carbocycles. The van der Waals surface area contributed by atoms with Crippen LogP contribution in [0.15, 0.2) is 23.3 Å². The minimum absolute atomic E-state index is 0.522. The lowest BCUT2D eigenvalue weighted by molar-refractivity contribution is 0.0759. The molecule has 1 nitrogen and oxygen atoms in total. The molecule has 0 bridgehead atoms. The summed E-state index contributed by atoms with van der Waals surface area (Å²) in [6.07, 6.45) is 13.5. The van der Waals surface area contributed by atoms with Gasteiger partial charge in [0.1, 0.15) is 0 Å². The highest BCUT2D eigenvalue weighted by molar-refractivity contribution is 5.35. The van der Waals surface area contributed by atoms with Gasteiger partial charge in [0.25, 0.3) is 0 Å². The second-order valence-electron chi connectivity index (χ2n) is 5.05. The van der Waals surface area contributed by atoms with Crippen molar-refractivity contribution in [2.75, 3.05) is 0 Å². The van der Waals surface area contributed by atoms with Crippen LogP contribution >= 0.6 is 0 Å². The monoisotopic (exact) mass is 206 g/mol. The van der Waals surface area contributed by atoms with E-state index < -0.39 is 5.60 Å². The largest absolute Gasteiger partial charge is 0.385 e. The fraction of sp³-hybridized carbons (Fsp3) is 0.714. The molecule has 0 saturated carbocycles. The van der Waals surface area contributed by atoms with Gasteiger partial charge in [0, 0.05) is 6.42 Å². The van der Waals surface area contributed by atoms with Crippen LogP contribution in [0.3, 0.4) is 0 Å². The van der Waals surface area contributed by atoms with Crippen molar-refractivity contribution in [3.8, 4) is 0 Å². The number of rotatable bonds is 3. The summed E-state index contributed by atoms with van der Waals surface area (Å²) in [5.74, 6) is 0. The van der Waals surface area contributed by atoms with E-state index in [1.807, 2.05) is 6.08 Å². The molecule has 2 aliphatic carbocycles. The molecule has 1 heteroatoms. The molecule has 0 aliphatic heterocycles. The second kappa shape index (κ2) is 4.52. The Hall–Kier alpha value is -0.560. The summed E-state index contributed by atoms with van der Waals surface area (Å²) in [7, 11) is 0. The Balaban J connectivity index is 2.04. The van der Waals surface area contributed by atoms with E-state index in [0.717, 1.165) is 19.3 Å². The molecule has 1 atom stereocenters. The van der Waals surface area contributed by atoms with Gasteiger partial charge >= 0.3 is 0 Å². The van der Waals surface area contributed by atoms with E-state index in [1.165, 1.54) is 43.3 Å². The number of unbranched alkanes of at least 4 members (excludes halogenated alkanes) is 1. The molecule has 0 heterocycles. The van der Waals surface area contributed by atoms with Gasteiger partial charge in [-0.3, -0.25) is 0 Å². The molecule has 2 rings (SSSR count). The topological polar surface area (TPSA) is 20.2 Å². The van der Waals surface area contributed by atoms with E-state index in [1.54, 1.807) is 0 Å². The Kier molecular flexibility index (Phi) is 3.30. The first-order chi connectivity index (χ1) is 7.23.